The SMILES string of the molecule is CCc1ccc(N=Nc2c(CC(=O)O)nc3cc(C)ccn23)cc1. The lowest BCUT2D eigenvalue weighted by Crippen LogP contribution is -2.00. The number of hydrogen-bond acceptors (Lipinski definition) is 4. The summed E-state index contributed by atoms with van der Waals surface area (Å²) in [5, 5.41) is 17.6. The number of pyridine rings is 1. The topological polar surface area (TPSA) is 79.3 Å². The van der Waals surface area contributed by atoms with Crippen molar-refractivity contribution in [2.75, 3.05) is 0 Å². The van der Waals surface area contributed by atoms with Gasteiger partial charge in [0.25, 0.3) is 0 Å². The van der Waals surface area contributed by atoms with E-state index in [1.54, 1.807) is 4.40 Å². The molecule has 0 aliphatic rings. The lowest BCUT2D eigenvalue weighted by Gasteiger charge is -1.99. The van der Waals surface area contributed by atoms with Gasteiger partial charge in [-0.3, -0.25) is 9.20 Å². The average Bonchev–Trinajstić information content (AvgIpc) is 2.88. The van der Waals surface area contributed by atoms with Crippen molar-refractivity contribution < 1.29 is 9.90 Å². The molecule has 122 valence electrons. The Morgan fingerprint density at radius 1 is 1.21 bits per heavy atom. The van der Waals surface area contributed by atoms with Crippen LogP contribution in [0, 0.1) is 6.92 Å². The predicted molar refractivity (Wildman–Crippen MR) is 91.3 cm³/mol. The Labute approximate surface area is 139 Å². The average molecular weight is 322 g/mol. The highest BCUT2D eigenvalue weighted by atomic mass is 16.4. The van der Waals surface area contributed by atoms with E-state index in [0.717, 1.165) is 17.7 Å². The van der Waals surface area contributed by atoms with Gasteiger partial charge in [0.05, 0.1) is 17.8 Å². The highest BCUT2D eigenvalue weighted by molar-refractivity contribution is 5.72. The molecule has 0 spiro atoms. The van der Waals surface area contributed by atoms with Crippen LogP contribution in [0.4, 0.5) is 11.5 Å². The third-order valence-electron chi connectivity index (χ3n) is 3.75. The van der Waals surface area contributed by atoms with Crippen LogP contribution in [0.25, 0.3) is 5.65 Å². The zero-order chi connectivity index (χ0) is 17.1. The van der Waals surface area contributed by atoms with Gasteiger partial charge in [-0.2, -0.15) is 0 Å². The fourth-order valence-electron chi connectivity index (χ4n) is 2.45. The Morgan fingerprint density at radius 2 is 1.96 bits per heavy atom. The first-order valence-corrected chi connectivity index (χ1v) is 7.77. The van der Waals surface area contributed by atoms with E-state index in [0.29, 0.717) is 17.2 Å². The maximum Gasteiger partial charge on any atom is 0.309 e. The quantitative estimate of drug-likeness (QED) is 0.713. The largest absolute Gasteiger partial charge is 0.481 e. The first kappa shape index (κ1) is 15.9. The highest BCUT2D eigenvalue weighted by Crippen LogP contribution is 2.25. The Bertz CT molecular complexity index is 911. The number of aryl methyl sites for hydroxylation is 2. The maximum atomic E-state index is 11.1. The molecule has 0 aliphatic carbocycles. The molecule has 6 heteroatoms. The number of aliphatic carboxylic acids is 1. The fraction of sp³-hybridized carbons (Fsp3) is 0.222. The number of imidazole rings is 1. The van der Waals surface area contributed by atoms with E-state index in [9.17, 15) is 4.79 Å². The number of hydrogen-bond donors (Lipinski definition) is 1. The molecule has 0 atom stereocenters. The third-order valence-corrected chi connectivity index (χ3v) is 3.75. The van der Waals surface area contributed by atoms with Crippen molar-refractivity contribution in [3.05, 3.63) is 59.4 Å². The van der Waals surface area contributed by atoms with E-state index in [4.69, 9.17) is 5.11 Å². The monoisotopic (exact) mass is 322 g/mol. The normalized spacial score (nSPS) is 11.4. The number of carboxylic acids is 1. The third kappa shape index (κ3) is 3.32. The molecule has 2 aromatic heterocycles. The molecular weight excluding hydrogens is 304 g/mol. The first-order valence-electron chi connectivity index (χ1n) is 7.77. The van der Waals surface area contributed by atoms with Crippen molar-refractivity contribution >= 4 is 23.1 Å². The van der Waals surface area contributed by atoms with Crippen LogP contribution >= 0.6 is 0 Å². The molecule has 1 N–H and O–H groups in total. The molecule has 0 bridgehead atoms. The van der Waals surface area contributed by atoms with Gasteiger partial charge in [-0.05, 0) is 48.7 Å². The van der Waals surface area contributed by atoms with E-state index in [1.807, 2.05) is 49.5 Å². The second-order valence-corrected chi connectivity index (χ2v) is 5.60. The van der Waals surface area contributed by atoms with Crippen molar-refractivity contribution in [3.8, 4) is 0 Å². The van der Waals surface area contributed by atoms with Crippen molar-refractivity contribution in [3.63, 3.8) is 0 Å². The molecule has 0 saturated heterocycles. The van der Waals surface area contributed by atoms with Crippen LogP contribution in [0.1, 0.15) is 23.7 Å². The number of aromatic nitrogens is 2. The lowest BCUT2D eigenvalue weighted by molar-refractivity contribution is -0.136. The second kappa shape index (κ2) is 6.62. The summed E-state index contributed by atoms with van der Waals surface area (Å²) in [6, 6.07) is 11.6. The van der Waals surface area contributed by atoms with Crippen LogP contribution in [0.15, 0.2) is 52.8 Å². The van der Waals surface area contributed by atoms with Crippen LogP contribution in [0.5, 0.6) is 0 Å². The van der Waals surface area contributed by atoms with E-state index >= 15 is 0 Å². The summed E-state index contributed by atoms with van der Waals surface area (Å²) in [6.07, 6.45) is 2.61. The number of carbonyl (C=O) groups is 1. The summed E-state index contributed by atoms with van der Waals surface area (Å²) in [7, 11) is 0. The Hall–Kier alpha value is -3.02. The number of benzene rings is 1. The van der Waals surface area contributed by atoms with Crippen LogP contribution in [-0.4, -0.2) is 20.5 Å². The van der Waals surface area contributed by atoms with Gasteiger partial charge in [-0.1, -0.05) is 19.1 Å². The molecule has 2 heterocycles. The molecule has 0 aliphatic heterocycles. The van der Waals surface area contributed by atoms with Gasteiger partial charge >= 0.3 is 5.97 Å². The van der Waals surface area contributed by atoms with Gasteiger partial charge in [0.1, 0.15) is 5.65 Å². The Morgan fingerprint density at radius 3 is 2.62 bits per heavy atom. The molecule has 0 fully saturated rings. The molecule has 0 amide bonds. The van der Waals surface area contributed by atoms with Crippen molar-refractivity contribution in [1.82, 2.24) is 9.38 Å². The summed E-state index contributed by atoms with van der Waals surface area (Å²) in [4.78, 5) is 15.5. The van der Waals surface area contributed by atoms with E-state index in [-0.39, 0.29) is 6.42 Å². The smallest absolute Gasteiger partial charge is 0.309 e. The molecule has 0 radical (unpaired) electrons. The Kier molecular flexibility index (Phi) is 4.37. The minimum Gasteiger partial charge on any atom is -0.481 e. The van der Waals surface area contributed by atoms with Gasteiger partial charge in [0.15, 0.2) is 5.82 Å². The first-order chi connectivity index (χ1) is 11.6. The van der Waals surface area contributed by atoms with E-state index in [1.165, 1.54) is 5.56 Å². The predicted octanol–water partition coefficient (Wildman–Crippen LogP) is 4.25. The molecule has 0 saturated carbocycles. The van der Waals surface area contributed by atoms with Gasteiger partial charge in [0, 0.05) is 6.20 Å². The minimum atomic E-state index is -0.945. The number of carboxylic acid groups (broad SMARTS) is 1. The zero-order valence-electron chi connectivity index (χ0n) is 13.6. The number of fused-ring (bicyclic) bond motifs is 1. The summed E-state index contributed by atoms with van der Waals surface area (Å²) in [5.74, 6) is -0.495. The van der Waals surface area contributed by atoms with Crippen molar-refractivity contribution in [1.29, 1.82) is 0 Å². The minimum absolute atomic E-state index is 0.191. The van der Waals surface area contributed by atoms with Gasteiger partial charge in [-0.15, -0.1) is 10.2 Å². The lowest BCUT2D eigenvalue weighted by atomic mass is 10.2. The molecule has 1 aromatic carbocycles. The van der Waals surface area contributed by atoms with Crippen molar-refractivity contribution in [2.45, 2.75) is 26.7 Å². The summed E-state index contributed by atoms with van der Waals surface area (Å²) in [5.41, 5.74) is 4.07. The number of rotatable bonds is 5. The van der Waals surface area contributed by atoms with Crippen LogP contribution < -0.4 is 0 Å². The van der Waals surface area contributed by atoms with Gasteiger partial charge in [-0.25, -0.2) is 4.98 Å². The molecule has 0 unspecified atom stereocenters. The zero-order valence-corrected chi connectivity index (χ0v) is 13.6. The molecule has 3 aromatic rings. The summed E-state index contributed by atoms with van der Waals surface area (Å²) >= 11 is 0. The van der Waals surface area contributed by atoms with Crippen LogP contribution in [0.2, 0.25) is 0 Å². The molecule has 3 rings (SSSR count). The fourth-order valence-corrected chi connectivity index (χ4v) is 2.45. The second-order valence-electron chi connectivity index (χ2n) is 5.60. The summed E-state index contributed by atoms with van der Waals surface area (Å²) in [6.45, 7) is 4.05. The van der Waals surface area contributed by atoms with Crippen LogP contribution in [-0.2, 0) is 17.6 Å². The molecule has 6 nitrogen and oxygen atoms in total. The maximum absolute atomic E-state index is 11.1. The van der Waals surface area contributed by atoms with Crippen LogP contribution in [0.3, 0.4) is 0 Å². The molecule has 24 heavy (non-hydrogen) atoms. The van der Waals surface area contributed by atoms with Crippen molar-refractivity contribution in [2.24, 2.45) is 10.2 Å². The standard InChI is InChI=1S/C18H18N4O2/c1-3-13-4-6-14(7-5-13)20-21-18-15(11-17(23)24)19-16-10-12(2)8-9-22(16)18/h4-10H,3,11H2,1-2H3,(H,23,24). The number of azo groups is 1. The Balaban J connectivity index is 2.02. The van der Waals surface area contributed by atoms with Gasteiger partial charge in [0.2, 0.25) is 0 Å². The molecular formula is C18H18N4O2. The highest BCUT2D eigenvalue weighted by Gasteiger charge is 2.15. The summed E-state index contributed by atoms with van der Waals surface area (Å²) < 4.78 is 1.76. The van der Waals surface area contributed by atoms with E-state index in [2.05, 4.69) is 22.1 Å². The van der Waals surface area contributed by atoms with Gasteiger partial charge < -0.3 is 5.11 Å². The van der Waals surface area contributed by atoms with E-state index < -0.39 is 5.97 Å². The number of nitrogens with zero attached hydrogens (tertiary/aromatic N) is 4.